The number of nitrogens with zero attached hydrogens (tertiary/aromatic N) is 3. The molecule has 0 fully saturated rings. The first-order chi connectivity index (χ1) is 6.17. The number of hydrogen-bond donors (Lipinski definition) is 2. The summed E-state index contributed by atoms with van der Waals surface area (Å²) in [5.74, 6) is 5.79. The smallest absolute Gasteiger partial charge is 0.216 e. The van der Waals surface area contributed by atoms with Crippen molar-refractivity contribution in [1.29, 1.82) is 0 Å². The Bertz CT molecular complexity index is 336. The van der Waals surface area contributed by atoms with Crippen LogP contribution < -0.4 is 16.3 Å². The molecule has 6 heteroatoms. The van der Waals surface area contributed by atoms with E-state index in [-0.39, 0.29) is 11.7 Å². The summed E-state index contributed by atoms with van der Waals surface area (Å²) in [6, 6.07) is 1.69. The number of nitrogens with two attached hydrogens (primary N) is 2. The minimum atomic E-state index is 0.0852. The molecule has 0 atom stereocenters. The summed E-state index contributed by atoms with van der Waals surface area (Å²) < 4.78 is 4.93. The Labute approximate surface area is 75.6 Å². The summed E-state index contributed by atoms with van der Waals surface area (Å²) in [7, 11) is 1.52. The summed E-state index contributed by atoms with van der Waals surface area (Å²) in [6.07, 6.45) is 0. The Morgan fingerprint density at radius 3 is 2.77 bits per heavy atom. The van der Waals surface area contributed by atoms with Gasteiger partial charge in [0.1, 0.15) is 0 Å². The van der Waals surface area contributed by atoms with Gasteiger partial charge in [-0.1, -0.05) is 0 Å². The van der Waals surface area contributed by atoms with Crippen LogP contribution in [0.5, 0.6) is 5.88 Å². The standard InChI is InChI=1S/C7H11N5O/c1-4-3-5(13-2)11-7(10-4)6(8)12-9/h3H,9H2,1-2H3,(H2,8,12). The van der Waals surface area contributed by atoms with Crippen molar-refractivity contribution in [2.45, 2.75) is 6.92 Å². The molecule has 1 rings (SSSR count). The first kappa shape index (κ1) is 9.24. The zero-order valence-corrected chi connectivity index (χ0v) is 7.48. The molecule has 4 N–H and O–H groups in total. The number of aromatic nitrogens is 2. The molecule has 13 heavy (non-hydrogen) atoms. The monoisotopic (exact) mass is 181 g/mol. The Balaban J connectivity index is 3.16. The topological polar surface area (TPSA) is 99.4 Å². The summed E-state index contributed by atoms with van der Waals surface area (Å²) in [6.45, 7) is 1.80. The van der Waals surface area contributed by atoms with E-state index in [0.29, 0.717) is 5.88 Å². The van der Waals surface area contributed by atoms with E-state index in [2.05, 4.69) is 15.1 Å². The third kappa shape index (κ3) is 2.05. The minimum Gasteiger partial charge on any atom is -0.481 e. The van der Waals surface area contributed by atoms with Crippen molar-refractivity contribution in [3.8, 4) is 5.88 Å². The van der Waals surface area contributed by atoms with Crippen molar-refractivity contribution >= 4 is 5.84 Å². The Morgan fingerprint density at radius 1 is 1.54 bits per heavy atom. The van der Waals surface area contributed by atoms with Crippen LogP contribution in [-0.4, -0.2) is 22.9 Å². The molecule has 1 heterocycles. The molecule has 0 aliphatic carbocycles. The van der Waals surface area contributed by atoms with Crippen molar-refractivity contribution in [2.75, 3.05) is 7.11 Å². The van der Waals surface area contributed by atoms with Gasteiger partial charge >= 0.3 is 0 Å². The highest BCUT2D eigenvalue weighted by molar-refractivity contribution is 5.93. The fraction of sp³-hybridized carbons (Fsp3) is 0.286. The molecule has 1 aromatic heterocycles. The third-order valence-corrected chi connectivity index (χ3v) is 1.41. The van der Waals surface area contributed by atoms with Gasteiger partial charge in [0.15, 0.2) is 5.84 Å². The van der Waals surface area contributed by atoms with E-state index < -0.39 is 0 Å². The van der Waals surface area contributed by atoms with Crippen molar-refractivity contribution < 1.29 is 4.74 Å². The SMILES string of the molecule is COc1cc(C)nc(/C(N)=N/N)n1. The van der Waals surface area contributed by atoms with Crippen LogP contribution in [0.25, 0.3) is 0 Å². The van der Waals surface area contributed by atoms with E-state index in [9.17, 15) is 0 Å². The largest absolute Gasteiger partial charge is 0.481 e. The second kappa shape index (κ2) is 3.70. The first-order valence-electron chi connectivity index (χ1n) is 3.60. The predicted molar refractivity (Wildman–Crippen MR) is 48.2 cm³/mol. The third-order valence-electron chi connectivity index (χ3n) is 1.41. The van der Waals surface area contributed by atoms with E-state index in [4.69, 9.17) is 16.3 Å². The quantitative estimate of drug-likeness (QED) is 0.274. The number of ether oxygens (including phenoxy) is 1. The number of rotatable bonds is 2. The molecule has 70 valence electrons. The molecule has 0 spiro atoms. The highest BCUT2D eigenvalue weighted by Gasteiger charge is 2.05. The fourth-order valence-corrected chi connectivity index (χ4v) is 0.817. The van der Waals surface area contributed by atoms with Crippen molar-refractivity contribution in [2.24, 2.45) is 16.7 Å². The van der Waals surface area contributed by atoms with Gasteiger partial charge in [-0.3, -0.25) is 0 Å². The highest BCUT2D eigenvalue weighted by Crippen LogP contribution is 2.07. The van der Waals surface area contributed by atoms with Crippen LogP contribution in [-0.2, 0) is 0 Å². The van der Waals surface area contributed by atoms with E-state index in [1.54, 1.807) is 13.0 Å². The lowest BCUT2D eigenvalue weighted by Gasteiger charge is -2.02. The predicted octanol–water partition coefficient (Wildman–Crippen LogP) is -0.627. The van der Waals surface area contributed by atoms with Crippen LogP contribution in [0.2, 0.25) is 0 Å². The first-order valence-corrected chi connectivity index (χ1v) is 3.60. The number of hydrogen-bond acceptors (Lipinski definition) is 5. The van der Waals surface area contributed by atoms with Crippen LogP contribution in [0.3, 0.4) is 0 Å². The lowest BCUT2D eigenvalue weighted by atomic mass is 10.4. The van der Waals surface area contributed by atoms with E-state index in [1.807, 2.05) is 0 Å². The minimum absolute atomic E-state index is 0.0852. The fourth-order valence-electron chi connectivity index (χ4n) is 0.817. The average Bonchev–Trinajstić information content (AvgIpc) is 2.15. The molecule has 0 bridgehead atoms. The normalized spacial score (nSPS) is 11.4. The number of methoxy groups -OCH3 is 1. The average molecular weight is 181 g/mol. The van der Waals surface area contributed by atoms with Gasteiger partial charge in [-0.2, -0.15) is 10.1 Å². The van der Waals surface area contributed by atoms with Crippen molar-refractivity contribution in [1.82, 2.24) is 9.97 Å². The second-order valence-corrected chi connectivity index (χ2v) is 2.39. The zero-order valence-electron chi connectivity index (χ0n) is 7.48. The molecule has 0 saturated heterocycles. The Morgan fingerprint density at radius 2 is 2.23 bits per heavy atom. The van der Waals surface area contributed by atoms with Crippen LogP contribution >= 0.6 is 0 Å². The summed E-state index contributed by atoms with van der Waals surface area (Å²) in [5.41, 5.74) is 6.18. The molecular formula is C7H11N5O. The van der Waals surface area contributed by atoms with Gasteiger partial charge in [-0.05, 0) is 6.92 Å². The summed E-state index contributed by atoms with van der Waals surface area (Å²) in [5, 5.41) is 3.29. The molecule has 1 aromatic rings. The van der Waals surface area contributed by atoms with Crippen LogP contribution in [0, 0.1) is 6.92 Å². The van der Waals surface area contributed by atoms with Crippen molar-refractivity contribution in [3.63, 3.8) is 0 Å². The lowest BCUT2D eigenvalue weighted by Crippen LogP contribution is -2.19. The Hall–Kier alpha value is -1.85. The van der Waals surface area contributed by atoms with Gasteiger partial charge in [-0.25, -0.2) is 4.98 Å². The van der Waals surface area contributed by atoms with Crippen LogP contribution in [0.15, 0.2) is 11.2 Å². The maximum Gasteiger partial charge on any atom is 0.216 e. The summed E-state index contributed by atoms with van der Waals surface area (Å²) >= 11 is 0. The Kier molecular flexibility index (Phi) is 2.63. The van der Waals surface area contributed by atoms with E-state index in [0.717, 1.165) is 5.69 Å². The van der Waals surface area contributed by atoms with Crippen LogP contribution in [0.4, 0.5) is 0 Å². The highest BCUT2D eigenvalue weighted by atomic mass is 16.5. The van der Waals surface area contributed by atoms with Crippen LogP contribution in [0.1, 0.15) is 11.5 Å². The summed E-state index contributed by atoms with van der Waals surface area (Å²) in [4.78, 5) is 7.98. The number of amidine groups is 1. The molecule has 0 unspecified atom stereocenters. The molecule has 0 aliphatic heterocycles. The number of aryl methyl sites for hydroxylation is 1. The number of hydrazone groups is 1. The molecule has 6 nitrogen and oxygen atoms in total. The molecule has 0 saturated carbocycles. The molecule has 0 aliphatic rings. The zero-order chi connectivity index (χ0) is 9.84. The van der Waals surface area contributed by atoms with Gasteiger partial charge in [0, 0.05) is 11.8 Å². The van der Waals surface area contributed by atoms with Crippen molar-refractivity contribution in [3.05, 3.63) is 17.6 Å². The molecule has 0 amide bonds. The second-order valence-electron chi connectivity index (χ2n) is 2.39. The maximum atomic E-state index is 5.43. The van der Waals surface area contributed by atoms with Gasteiger partial charge in [0.2, 0.25) is 11.7 Å². The van der Waals surface area contributed by atoms with Gasteiger partial charge < -0.3 is 16.3 Å². The van der Waals surface area contributed by atoms with E-state index in [1.165, 1.54) is 7.11 Å². The van der Waals surface area contributed by atoms with E-state index >= 15 is 0 Å². The molecule has 0 aromatic carbocycles. The molecular weight excluding hydrogens is 170 g/mol. The van der Waals surface area contributed by atoms with Gasteiger partial charge in [-0.15, -0.1) is 0 Å². The van der Waals surface area contributed by atoms with Gasteiger partial charge in [0.25, 0.3) is 0 Å². The maximum absolute atomic E-state index is 5.43. The molecule has 0 radical (unpaired) electrons. The lowest BCUT2D eigenvalue weighted by molar-refractivity contribution is 0.396. The van der Waals surface area contributed by atoms with Gasteiger partial charge in [0.05, 0.1) is 7.11 Å².